The monoisotopic (exact) mass is 138 g/mol. The van der Waals surface area contributed by atoms with E-state index in [2.05, 4.69) is 39.5 Å². The second kappa shape index (κ2) is 3.66. The van der Waals surface area contributed by atoms with Crippen LogP contribution in [0.1, 0.15) is 41.0 Å². The van der Waals surface area contributed by atoms with Gasteiger partial charge >= 0.3 is 0 Å². The molecule has 0 saturated heterocycles. The van der Waals surface area contributed by atoms with E-state index in [9.17, 15) is 0 Å². The molecule has 0 aliphatic rings. The predicted molar refractivity (Wildman–Crippen MR) is 46.7 cm³/mol. The van der Waals surface area contributed by atoms with Gasteiger partial charge in [-0.05, 0) is 18.8 Å². The summed E-state index contributed by atoms with van der Waals surface area (Å²) in [5, 5.41) is 0. The Balaban J connectivity index is 3.76. The minimum absolute atomic E-state index is 0.420. The van der Waals surface area contributed by atoms with Crippen molar-refractivity contribution < 1.29 is 0 Å². The highest BCUT2D eigenvalue weighted by molar-refractivity contribution is 5.00. The summed E-state index contributed by atoms with van der Waals surface area (Å²) in [5.74, 6) is 6.64. The molecule has 0 spiro atoms. The van der Waals surface area contributed by atoms with E-state index < -0.39 is 0 Å². The first-order valence-corrected chi connectivity index (χ1v) is 3.88. The fraction of sp³-hybridized carbons (Fsp3) is 0.800. The van der Waals surface area contributed by atoms with E-state index >= 15 is 0 Å². The Kier molecular flexibility index (Phi) is 3.50. The molecule has 1 unspecified atom stereocenters. The maximum absolute atomic E-state index is 3.15. The molecule has 0 aliphatic carbocycles. The van der Waals surface area contributed by atoms with Crippen LogP contribution in [-0.4, -0.2) is 0 Å². The van der Waals surface area contributed by atoms with Gasteiger partial charge in [-0.1, -0.05) is 27.7 Å². The van der Waals surface area contributed by atoms with E-state index in [0.29, 0.717) is 11.3 Å². The van der Waals surface area contributed by atoms with E-state index in [0.717, 1.165) is 0 Å². The van der Waals surface area contributed by atoms with Crippen LogP contribution in [0, 0.1) is 23.2 Å². The Morgan fingerprint density at radius 3 is 2.10 bits per heavy atom. The van der Waals surface area contributed by atoms with Crippen molar-refractivity contribution >= 4 is 0 Å². The lowest BCUT2D eigenvalue weighted by molar-refractivity contribution is 0.342. The molecular formula is C10H18. The standard InChI is InChI=1S/C10H18/c1-6-7-9(2)8-10(3,4)5/h9H,8H2,1-5H3. The second-order valence-electron chi connectivity index (χ2n) is 4.06. The molecule has 0 heteroatoms. The minimum Gasteiger partial charge on any atom is -0.106 e. The van der Waals surface area contributed by atoms with Crippen LogP contribution in [0.2, 0.25) is 0 Å². The van der Waals surface area contributed by atoms with Gasteiger partial charge in [0.2, 0.25) is 0 Å². The third-order valence-electron chi connectivity index (χ3n) is 1.31. The third kappa shape index (κ3) is 5.69. The molecule has 0 aliphatic heterocycles. The lowest BCUT2D eigenvalue weighted by Gasteiger charge is -2.19. The van der Waals surface area contributed by atoms with Crippen LogP contribution < -0.4 is 0 Å². The molecule has 0 aromatic heterocycles. The van der Waals surface area contributed by atoms with Crippen LogP contribution in [0.15, 0.2) is 0 Å². The van der Waals surface area contributed by atoms with Crippen LogP contribution in [0.4, 0.5) is 0 Å². The molecule has 1 atom stereocenters. The normalized spacial score (nSPS) is 13.7. The van der Waals surface area contributed by atoms with Gasteiger partial charge in [-0.3, -0.25) is 0 Å². The van der Waals surface area contributed by atoms with Gasteiger partial charge in [0.1, 0.15) is 0 Å². The first-order chi connectivity index (χ1) is 4.45. The van der Waals surface area contributed by atoms with E-state index in [4.69, 9.17) is 0 Å². The fourth-order valence-electron chi connectivity index (χ4n) is 1.22. The third-order valence-corrected chi connectivity index (χ3v) is 1.31. The highest BCUT2D eigenvalue weighted by Crippen LogP contribution is 2.23. The molecule has 0 amide bonds. The Hall–Kier alpha value is -0.440. The molecule has 58 valence electrons. The zero-order valence-electron chi connectivity index (χ0n) is 7.78. The topological polar surface area (TPSA) is 0 Å². The molecular weight excluding hydrogens is 120 g/mol. The molecule has 0 saturated carbocycles. The number of hydrogen-bond donors (Lipinski definition) is 0. The molecule has 0 fully saturated rings. The number of rotatable bonds is 1. The van der Waals surface area contributed by atoms with Crippen molar-refractivity contribution in [2.75, 3.05) is 0 Å². The average Bonchev–Trinajstić information content (AvgIpc) is 1.59. The summed E-state index contributed by atoms with van der Waals surface area (Å²) < 4.78 is 0. The molecule has 0 rings (SSSR count). The molecule has 0 aromatic rings. The lowest BCUT2D eigenvalue weighted by atomic mass is 9.86. The van der Waals surface area contributed by atoms with Crippen molar-refractivity contribution in [3.8, 4) is 11.8 Å². The SMILES string of the molecule is CC#CC(C)CC(C)(C)C. The highest BCUT2D eigenvalue weighted by Gasteiger charge is 2.12. The van der Waals surface area contributed by atoms with Crippen molar-refractivity contribution in [3.05, 3.63) is 0 Å². The van der Waals surface area contributed by atoms with Gasteiger partial charge in [-0.15, -0.1) is 11.8 Å². The Bertz CT molecular complexity index is 138. The molecule has 10 heavy (non-hydrogen) atoms. The van der Waals surface area contributed by atoms with Crippen molar-refractivity contribution in [2.45, 2.75) is 41.0 Å². The summed E-state index contributed by atoms with van der Waals surface area (Å²) >= 11 is 0. The Morgan fingerprint density at radius 1 is 1.30 bits per heavy atom. The Labute approximate surface area is 65.0 Å². The first-order valence-electron chi connectivity index (χ1n) is 3.88. The maximum atomic E-state index is 3.15. The van der Waals surface area contributed by atoms with Gasteiger partial charge in [-0.25, -0.2) is 0 Å². The van der Waals surface area contributed by atoms with Crippen LogP contribution >= 0.6 is 0 Å². The van der Waals surface area contributed by atoms with Gasteiger partial charge in [0.05, 0.1) is 0 Å². The van der Waals surface area contributed by atoms with Gasteiger partial charge in [0, 0.05) is 5.92 Å². The van der Waals surface area contributed by atoms with Crippen LogP contribution in [0.3, 0.4) is 0 Å². The first kappa shape index (κ1) is 9.56. The molecule has 0 nitrogen and oxygen atoms in total. The average molecular weight is 138 g/mol. The summed E-state index contributed by atoms with van der Waals surface area (Å²) in [6, 6.07) is 0. The van der Waals surface area contributed by atoms with Gasteiger partial charge in [-0.2, -0.15) is 0 Å². The summed E-state index contributed by atoms with van der Waals surface area (Å²) in [6.45, 7) is 10.8. The van der Waals surface area contributed by atoms with Crippen molar-refractivity contribution in [2.24, 2.45) is 11.3 Å². The van der Waals surface area contributed by atoms with Gasteiger partial charge < -0.3 is 0 Å². The van der Waals surface area contributed by atoms with E-state index in [1.807, 2.05) is 6.92 Å². The quantitative estimate of drug-likeness (QED) is 0.488. The smallest absolute Gasteiger partial charge is 0.0179 e. The molecule has 0 heterocycles. The molecule has 0 aromatic carbocycles. The zero-order chi connectivity index (χ0) is 8.20. The second-order valence-corrected chi connectivity index (χ2v) is 4.06. The van der Waals surface area contributed by atoms with Crippen molar-refractivity contribution in [1.29, 1.82) is 0 Å². The summed E-state index contributed by atoms with van der Waals surface area (Å²) in [5.41, 5.74) is 0.420. The highest BCUT2D eigenvalue weighted by atomic mass is 14.2. The van der Waals surface area contributed by atoms with Crippen LogP contribution in [0.5, 0.6) is 0 Å². The minimum atomic E-state index is 0.420. The van der Waals surface area contributed by atoms with Gasteiger partial charge in [0.15, 0.2) is 0 Å². The van der Waals surface area contributed by atoms with E-state index in [-0.39, 0.29) is 0 Å². The lowest BCUT2D eigenvalue weighted by Crippen LogP contribution is -2.09. The zero-order valence-corrected chi connectivity index (χ0v) is 7.78. The fourth-order valence-corrected chi connectivity index (χ4v) is 1.22. The number of hydrogen-bond acceptors (Lipinski definition) is 0. The van der Waals surface area contributed by atoms with E-state index in [1.54, 1.807) is 0 Å². The molecule has 0 bridgehead atoms. The summed E-state index contributed by atoms with van der Waals surface area (Å²) in [6.07, 6.45) is 1.19. The largest absolute Gasteiger partial charge is 0.106 e. The Morgan fingerprint density at radius 2 is 1.80 bits per heavy atom. The van der Waals surface area contributed by atoms with Crippen molar-refractivity contribution in [1.82, 2.24) is 0 Å². The predicted octanol–water partition coefficient (Wildman–Crippen LogP) is 3.08. The molecule has 0 radical (unpaired) electrons. The van der Waals surface area contributed by atoms with Crippen LogP contribution in [0.25, 0.3) is 0 Å². The summed E-state index contributed by atoms with van der Waals surface area (Å²) in [4.78, 5) is 0. The van der Waals surface area contributed by atoms with Crippen LogP contribution in [-0.2, 0) is 0 Å². The van der Waals surface area contributed by atoms with E-state index in [1.165, 1.54) is 6.42 Å². The summed E-state index contributed by atoms with van der Waals surface area (Å²) in [7, 11) is 0. The van der Waals surface area contributed by atoms with Gasteiger partial charge in [0.25, 0.3) is 0 Å². The maximum Gasteiger partial charge on any atom is 0.0179 e. The van der Waals surface area contributed by atoms with Crippen molar-refractivity contribution in [3.63, 3.8) is 0 Å². The molecule has 0 N–H and O–H groups in total.